The number of likely N-dealkylation sites (tertiary alicyclic amines) is 1. The van der Waals surface area contributed by atoms with Gasteiger partial charge in [0.1, 0.15) is 4.90 Å². The molecule has 30 heavy (non-hydrogen) atoms. The van der Waals surface area contributed by atoms with Gasteiger partial charge in [-0.25, -0.2) is 0 Å². The van der Waals surface area contributed by atoms with E-state index in [0.29, 0.717) is 17.9 Å². The molecule has 0 aliphatic carbocycles. The van der Waals surface area contributed by atoms with Gasteiger partial charge in [-0.15, -0.1) is 4.40 Å². The number of carbonyl (C=O) groups excluding carboxylic acids is 1. The van der Waals surface area contributed by atoms with Crippen molar-refractivity contribution in [2.45, 2.75) is 30.8 Å². The van der Waals surface area contributed by atoms with Crippen LogP contribution in [0, 0.1) is 0 Å². The Bertz CT molecular complexity index is 1080. The minimum Gasteiger partial charge on any atom is -0.350 e. The molecule has 0 atom stereocenters. The Morgan fingerprint density at radius 1 is 1.07 bits per heavy atom. The van der Waals surface area contributed by atoms with Gasteiger partial charge in [0.2, 0.25) is 5.91 Å². The van der Waals surface area contributed by atoms with Crippen LogP contribution in [0.4, 0.5) is 0 Å². The standard InChI is InChI=1S/C22H26N4O3S/c1-25(22-19-10-4-5-11-20(19)30(28,29)24-22)16-21(27)23-14-17-8-2-3-9-18(17)15-26-12-6-7-13-26/h2-5,8-11H,6-7,12-16H2,1H3,(H,23,27). The molecule has 0 radical (unpaired) electrons. The number of benzene rings is 2. The molecule has 4 rings (SSSR count). The molecule has 2 aromatic rings. The van der Waals surface area contributed by atoms with E-state index < -0.39 is 10.0 Å². The molecule has 2 heterocycles. The molecule has 1 saturated heterocycles. The van der Waals surface area contributed by atoms with Crippen molar-refractivity contribution in [2.24, 2.45) is 4.40 Å². The first-order chi connectivity index (χ1) is 14.4. The average molecular weight is 427 g/mol. The van der Waals surface area contributed by atoms with Crippen molar-refractivity contribution in [3.8, 4) is 0 Å². The van der Waals surface area contributed by atoms with E-state index in [4.69, 9.17) is 0 Å². The lowest BCUT2D eigenvalue weighted by atomic mass is 10.1. The minimum atomic E-state index is -3.70. The van der Waals surface area contributed by atoms with Crippen molar-refractivity contribution in [1.29, 1.82) is 0 Å². The zero-order chi connectivity index (χ0) is 21.1. The van der Waals surface area contributed by atoms with Crippen molar-refractivity contribution < 1.29 is 13.2 Å². The second-order valence-corrected chi connectivity index (χ2v) is 9.34. The lowest BCUT2D eigenvalue weighted by Crippen LogP contribution is -2.38. The molecule has 0 bridgehead atoms. The van der Waals surface area contributed by atoms with E-state index in [1.165, 1.54) is 24.5 Å². The van der Waals surface area contributed by atoms with Gasteiger partial charge in [-0.1, -0.05) is 36.4 Å². The summed E-state index contributed by atoms with van der Waals surface area (Å²) < 4.78 is 28.3. The maximum absolute atomic E-state index is 12.5. The molecule has 1 N–H and O–H groups in total. The molecule has 7 nitrogen and oxygen atoms in total. The molecule has 158 valence electrons. The van der Waals surface area contributed by atoms with Crippen LogP contribution in [0.2, 0.25) is 0 Å². The topological polar surface area (TPSA) is 82.1 Å². The Hall–Kier alpha value is -2.71. The molecular formula is C22H26N4O3S. The van der Waals surface area contributed by atoms with Crippen LogP contribution in [0.3, 0.4) is 0 Å². The molecular weight excluding hydrogens is 400 g/mol. The van der Waals surface area contributed by atoms with Gasteiger partial charge in [0.25, 0.3) is 10.0 Å². The summed E-state index contributed by atoms with van der Waals surface area (Å²) >= 11 is 0. The fourth-order valence-corrected chi connectivity index (χ4v) is 5.22. The third-order valence-corrected chi connectivity index (χ3v) is 6.87. The molecule has 1 amide bonds. The zero-order valence-electron chi connectivity index (χ0n) is 17.0. The summed E-state index contributed by atoms with van der Waals surface area (Å²) in [6.45, 7) is 3.61. The second-order valence-electron chi connectivity index (χ2n) is 7.77. The van der Waals surface area contributed by atoms with Crippen LogP contribution in [-0.2, 0) is 27.9 Å². The van der Waals surface area contributed by atoms with E-state index in [-0.39, 0.29) is 17.3 Å². The SMILES string of the molecule is CN(CC(=O)NCc1ccccc1CN1CCCC1)C1=NS(=O)(=O)c2ccccc21. The Morgan fingerprint density at radius 2 is 1.73 bits per heavy atom. The predicted octanol–water partition coefficient (Wildman–Crippen LogP) is 1.98. The number of rotatable bonds is 6. The number of fused-ring (bicyclic) bond motifs is 1. The van der Waals surface area contributed by atoms with Gasteiger partial charge in [0, 0.05) is 25.7 Å². The van der Waals surface area contributed by atoms with Crippen molar-refractivity contribution >= 4 is 21.8 Å². The molecule has 0 unspecified atom stereocenters. The van der Waals surface area contributed by atoms with Gasteiger partial charge < -0.3 is 10.2 Å². The number of likely N-dealkylation sites (N-methyl/N-ethyl adjacent to an activating group) is 1. The third-order valence-electron chi connectivity index (χ3n) is 5.54. The summed E-state index contributed by atoms with van der Waals surface area (Å²) in [6.07, 6.45) is 2.49. The van der Waals surface area contributed by atoms with Gasteiger partial charge >= 0.3 is 0 Å². The summed E-state index contributed by atoms with van der Waals surface area (Å²) in [7, 11) is -2.02. The van der Waals surface area contributed by atoms with Crippen LogP contribution in [0.5, 0.6) is 0 Å². The minimum absolute atomic E-state index is 0.0248. The van der Waals surface area contributed by atoms with E-state index >= 15 is 0 Å². The molecule has 0 saturated carbocycles. The quantitative estimate of drug-likeness (QED) is 0.764. The van der Waals surface area contributed by atoms with Gasteiger partial charge in [-0.3, -0.25) is 9.69 Å². The smallest absolute Gasteiger partial charge is 0.285 e. The van der Waals surface area contributed by atoms with E-state index in [0.717, 1.165) is 25.2 Å². The predicted molar refractivity (Wildman–Crippen MR) is 116 cm³/mol. The lowest BCUT2D eigenvalue weighted by Gasteiger charge is -2.20. The first kappa shape index (κ1) is 20.6. The van der Waals surface area contributed by atoms with E-state index in [9.17, 15) is 13.2 Å². The van der Waals surface area contributed by atoms with Crippen LogP contribution < -0.4 is 5.32 Å². The van der Waals surface area contributed by atoms with E-state index in [1.54, 1.807) is 30.1 Å². The molecule has 2 aliphatic rings. The zero-order valence-corrected chi connectivity index (χ0v) is 17.9. The molecule has 2 aromatic carbocycles. The number of carbonyl (C=O) groups is 1. The van der Waals surface area contributed by atoms with Crippen molar-refractivity contribution in [1.82, 2.24) is 15.1 Å². The fraction of sp³-hybridized carbons (Fsp3) is 0.364. The number of amidine groups is 1. The molecule has 8 heteroatoms. The number of nitrogens with zero attached hydrogens (tertiary/aromatic N) is 3. The summed E-state index contributed by atoms with van der Waals surface area (Å²) in [5, 5.41) is 2.96. The summed E-state index contributed by atoms with van der Waals surface area (Å²) in [4.78, 5) is 16.7. The van der Waals surface area contributed by atoms with Gasteiger partial charge in [0.15, 0.2) is 5.84 Å². The van der Waals surface area contributed by atoms with Crippen LogP contribution in [0.15, 0.2) is 57.8 Å². The highest BCUT2D eigenvalue weighted by Crippen LogP contribution is 2.26. The number of nitrogens with one attached hydrogen (secondary N) is 1. The number of hydrogen-bond donors (Lipinski definition) is 1. The van der Waals surface area contributed by atoms with E-state index in [1.807, 2.05) is 18.2 Å². The third kappa shape index (κ3) is 4.39. The molecule has 2 aliphatic heterocycles. The Kier molecular flexibility index (Phi) is 5.87. The Morgan fingerprint density at radius 3 is 2.50 bits per heavy atom. The largest absolute Gasteiger partial charge is 0.350 e. The normalized spacial score (nSPS) is 17.4. The average Bonchev–Trinajstić information content (AvgIpc) is 3.33. The second kappa shape index (κ2) is 8.57. The van der Waals surface area contributed by atoms with Gasteiger partial charge in [-0.2, -0.15) is 8.42 Å². The number of sulfonamides is 1. The first-order valence-corrected chi connectivity index (χ1v) is 11.6. The van der Waals surface area contributed by atoms with Crippen LogP contribution in [-0.4, -0.2) is 56.6 Å². The highest BCUT2D eigenvalue weighted by molar-refractivity contribution is 7.90. The Balaban J connectivity index is 1.38. The molecule has 0 aromatic heterocycles. The van der Waals surface area contributed by atoms with Crippen LogP contribution in [0.1, 0.15) is 29.5 Å². The highest BCUT2D eigenvalue weighted by atomic mass is 32.2. The first-order valence-electron chi connectivity index (χ1n) is 10.2. The monoisotopic (exact) mass is 426 g/mol. The Labute approximate surface area is 177 Å². The van der Waals surface area contributed by atoms with Crippen molar-refractivity contribution in [2.75, 3.05) is 26.7 Å². The van der Waals surface area contributed by atoms with Crippen molar-refractivity contribution in [3.63, 3.8) is 0 Å². The van der Waals surface area contributed by atoms with E-state index in [2.05, 4.69) is 20.7 Å². The summed E-state index contributed by atoms with van der Waals surface area (Å²) in [5.74, 6) is 0.119. The number of hydrogen-bond acceptors (Lipinski definition) is 5. The maximum Gasteiger partial charge on any atom is 0.285 e. The van der Waals surface area contributed by atoms with Gasteiger partial charge in [-0.05, 0) is 49.2 Å². The van der Waals surface area contributed by atoms with Crippen LogP contribution in [0.25, 0.3) is 0 Å². The lowest BCUT2D eigenvalue weighted by molar-refractivity contribution is -0.121. The van der Waals surface area contributed by atoms with Crippen LogP contribution >= 0.6 is 0 Å². The maximum atomic E-state index is 12.5. The molecule has 1 fully saturated rings. The highest BCUT2D eigenvalue weighted by Gasteiger charge is 2.30. The molecule has 0 spiro atoms. The summed E-state index contributed by atoms with van der Waals surface area (Å²) in [5.41, 5.74) is 2.86. The van der Waals surface area contributed by atoms with Gasteiger partial charge in [0.05, 0.1) is 6.54 Å². The fourth-order valence-electron chi connectivity index (χ4n) is 3.97. The number of amides is 1. The summed E-state index contributed by atoms with van der Waals surface area (Å²) in [6, 6.07) is 14.8. The van der Waals surface area contributed by atoms with Crippen molar-refractivity contribution in [3.05, 3.63) is 65.2 Å².